The summed E-state index contributed by atoms with van der Waals surface area (Å²) in [4.78, 5) is 41.8. The maximum atomic E-state index is 12.9. The molecule has 2 atom stereocenters. The number of benzene rings is 1. The Morgan fingerprint density at radius 3 is 2.48 bits per heavy atom. The second-order valence-electron chi connectivity index (χ2n) is 7.43. The van der Waals surface area contributed by atoms with Crippen molar-refractivity contribution in [2.45, 2.75) is 39.5 Å². The van der Waals surface area contributed by atoms with Crippen LogP contribution in [0.5, 0.6) is 0 Å². The Balaban J connectivity index is 1.91. The SMILES string of the molecule is CCNC(=O)CC1CC(=O)C(c2c(C)cc(-c3ccc(C#N)cn3)cc2C)C1=O. The molecule has 0 bridgehead atoms. The molecule has 2 unspecified atom stereocenters. The highest BCUT2D eigenvalue weighted by molar-refractivity contribution is 6.15. The molecule has 29 heavy (non-hydrogen) atoms. The van der Waals surface area contributed by atoms with Gasteiger partial charge in [-0.05, 0) is 61.7 Å². The number of nitrogens with one attached hydrogen (secondary N) is 1. The van der Waals surface area contributed by atoms with E-state index in [0.29, 0.717) is 12.1 Å². The van der Waals surface area contributed by atoms with Gasteiger partial charge in [0.2, 0.25) is 5.91 Å². The molecule has 1 aromatic carbocycles. The van der Waals surface area contributed by atoms with Crippen molar-refractivity contribution in [3.05, 3.63) is 52.7 Å². The molecule has 0 saturated heterocycles. The second-order valence-corrected chi connectivity index (χ2v) is 7.43. The van der Waals surface area contributed by atoms with Gasteiger partial charge in [-0.2, -0.15) is 5.26 Å². The molecule has 0 radical (unpaired) electrons. The van der Waals surface area contributed by atoms with Gasteiger partial charge in [-0.25, -0.2) is 0 Å². The van der Waals surface area contributed by atoms with Gasteiger partial charge < -0.3 is 5.32 Å². The molecule has 1 heterocycles. The molecule has 1 saturated carbocycles. The Morgan fingerprint density at radius 2 is 1.93 bits per heavy atom. The van der Waals surface area contributed by atoms with Crippen molar-refractivity contribution in [3.63, 3.8) is 0 Å². The number of carbonyl (C=O) groups excluding carboxylic acids is 3. The summed E-state index contributed by atoms with van der Waals surface area (Å²) in [6.45, 7) is 6.08. The van der Waals surface area contributed by atoms with Crippen molar-refractivity contribution >= 4 is 17.5 Å². The van der Waals surface area contributed by atoms with Crippen LogP contribution in [0.1, 0.15) is 47.9 Å². The standard InChI is InChI=1S/C23H23N3O3/c1-4-25-20(28)10-17-9-19(27)22(23(17)29)21-13(2)7-16(8-14(21)3)18-6-5-15(11-24)12-26-18/h5-8,12,17,22H,4,9-10H2,1-3H3,(H,25,28). The Kier molecular flexibility index (Phi) is 5.88. The number of hydrogen-bond acceptors (Lipinski definition) is 5. The van der Waals surface area contributed by atoms with Gasteiger partial charge in [-0.3, -0.25) is 19.4 Å². The minimum atomic E-state index is -0.808. The van der Waals surface area contributed by atoms with E-state index in [2.05, 4.69) is 10.3 Å². The summed E-state index contributed by atoms with van der Waals surface area (Å²) in [7, 11) is 0. The van der Waals surface area contributed by atoms with E-state index in [-0.39, 0.29) is 30.3 Å². The predicted molar refractivity (Wildman–Crippen MR) is 108 cm³/mol. The van der Waals surface area contributed by atoms with Crippen LogP contribution < -0.4 is 5.32 Å². The number of aromatic nitrogens is 1. The number of nitriles is 1. The number of pyridine rings is 1. The van der Waals surface area contributed by atoms with Crippen LogP contribution in [0.2, 0.25) is 0 Å². The molecule has 1 aliphatic carbocycles. The van der Waals surface area contributed by atoms with Crippen LogP contribution in [0.4, 0.5) is 0 Å². The van der Waals surface area contributed by atoms with E-state index in [1.165, 1.54) is 6.20 Å². The molecule has 0 spiro atoms. The largest absolute Gasteiger partial charge is 0.356 e. The van der Waals surface area contributed by atoms with Crippen LogP contribution in [0.15, 0.2) is 30.5 Å². The first-order valence-electron chi connectivity index (χ1n) is 9.66. The van der Waals surface area contributed by atoms with E-state index in [1.54, 1.807) is 12.1 Å². The van der Waals surface area contributed by atoms with E-state index in [0.717, 1.165) is 27.9 Å². The number of ketones is 2. The minimum Gasteiger partial charge on any atom is -0.356 e. The van der Waals surface area contributed by atoms with Gasteiger partial charge >= 0.3 is 0 Å². The van der Waals surface area contributed by atoms with Crippen LogP contribution in [0.25, 0.3) is 11.3 Å². The summed E-state index contributed by atoms with van der Waals surface area (Å²) in [6, 6.07) is 9.35. The first-order chi connectivity index (χ1) is 13.8. The zero-order valence-corrected chi connectivity index (χ0v) is 16.8. The molecule has 6 heteroatoms. The third-order valence-electron chi connectivity index (χ3n) is 5.33. The van der Waals surface area contributed by atoms with Gasteiger partial charge in [0.05, 0.1) is 11.3 Å². The summed E-state index contributed by atoms with van der Waals surface area (Å²) in [5.74, 6) is -1.86. The lowest BCUT2D eigenvalue weighted by Gasteiger charge is -2.17. The second kappa shape index (κ2) is 8.36. The maximum Gasteiger partial charge on any atom is 0.220 e. The van der Waals surface area contributed by atoms with E-state index >= 15 is 0 Å². The van der Waals surface area contributed by atoms with E-state index in [1.807, 2.05) is 39.0 Å². The Labute approximate surface area is 170 Å². The van der Waals surface area contributed by atoms with Crippen LogP contribution >= 0.6 is 0 Å². The van der Waals surface area contributed by atoms with E-state index < -0.39 is 11.8 Å². The normalized spacial score (nSPS) is 18.6. The Bertz CT molecular complexity index is 996. The first kappa shape index (κ1) is 20.4. The molecule has 2 aromatic rings. The summed E-state index contributed by atoms with van der Waals surface area (Å²) >= 11 is 0. The summed E-state index contributed by atoms with van der Waals surface area (Å²) in [5.41, 5.74) is 4.49. The lowest BCUT2D eigenvalue weighted by Crippen LogP contribution is -2.27. The zero-order valence-electron chi connectivity index (χ0n) is 16.8. The maximum absolute atomic E-state index is 12.9. The molecule has 1 N–H and O–H groups in total. The highest BCUT2D eigenvalue weighted by Gasteiger charge is 2.43. The van der Waals surface area contributed by atoms with E-state index in [4.69, 9.17) is 5.26 Å². The molecule has 1 aliphatic rings. The van der Waals surface area contributed by atoms with Crippen molar-refractivity contribution in [3.8, 4) is 17.3 Å². The highest BCUT2D eigenvalue weighted by atomic mass is 16.2. The van der Waals surface area contributed by atoms with Gasteiger partial charge in [0, 0.05) is 37.1 Å². The zero-order chi connectivity index (χ0) is 21.1. The topological polar surface area (TPSA) is 99.9 Å². The lowest BCUT2D eigenvalue weighted by atomic mass is 9.85. The van der Waals surface area contributed by atoms with Gasteiger partial charge in [-0.15, -0.1) is 0 Å². The van der Waals surface area contributed by atoms with E-state index in [9.17, 15) is 14.4 Å². The number of amides is 1. The van der Waals surface area contributed by atoms with Crippen molar-refractivity contribution in [1.82, 2.24) is 10.3 Å². The number of hydrogen-bond donors (Lipinski definition) is 1. The molecule has 148 valence electrons. The molecule has 6 nitrogen and oxygen atoms in total. The molecular formula is C23H23N3O3. The third kappa shape index (κ3) is 4.09. The number of nitrogens with zero attached hydrogens (tertiary/aromatic N) is 2. The Morgan fingerprint density at radius 1 is 1.24 bits per heavy atom. The Hall–Kier alpha value is -3.33. The molecule has 1 fully saturated rings. The number of rotatable bonds is 5. The summed E-state index contributed by atoms with van der Waals surface area (Å²) < 4.78 is 0. The smallest absolute Gasteiger partial charge is 0.220 e. The van der Waals surface area contributed by atoms with Crippen LogP contribution in [-0.4, -0.2) is 29.0 Å². The number of aryl methyl sites for hydroxylation is 2. The summed E-state index contributed by atoms with van der Waals surface area (Å²) in [6.07, 6.45) is 1.68. The summed E-state index contributed by atoms with van der Waals surface area (Å²) in [5, 5.41) is 11.6. The molecule has 1 amide bonds. The van der Waals surface area contributed by atoms with Crippen molar-refractivity contribution in [1.29, 1.82) is 5.26 Å². The molecule has 0 aliphatic heterocycles. The van der Waals surface area contributed by atoms with Crippen molar-refractivity contribution in [2.24, 2.45) is 5.92 Å². The van der Waals surface area contributed by atoms with Gasteiger partial charge in [-0.1, -0.05) is 0 Å². The third-order valence-corrected chi connectivity index (χ3v) is 5.33. The number of Topliss-reactive ketones (excluding diaryl/α,β-unsaturated/α-hetero) is 2. The lowest BCUT2D eigenvalue weighted by molar-refractivity contribution is -0.128. The monoisotopic (exact) mass is 389 g/mol. The number of carbonyl (C=O) groups is 3. The van der Waals surface area contributed by atoms with Crippen molar-refractivity contribution < 1.29 is 14.4 Å². The predicted octanol–water partition coefficient (Wildman–Crippen LogP) is 3.01. The fourth-order valence-corrected chi connectivity index (χ4v) is 4.03. The fraction of sp³-hybridized carbons (Fsp3) is 0.348. The quantitative estimate of drug-likeness (QED) is 0.793. The average Bonchev–Trinajstić information content (AvgIpc) is 2.95. The highest BCUT2D eigenvalue weighted by Crippen LogP contribution is 2.38. The molecule has 1 aromatic heterocycles. The molecular weight excluding hydrogens is 366 g/mol. The minimum absolute atomic E-state index is 0.0558. The fourth-order valence-electron chi connectivity index (χ4n) is 4.03. The van der Waals surface area contributed by atoms with Gasteiger partial charge in [0.15, 0.2) is 5.78 Å². The van der Waals surface area contributed by atoms with Crippen molar-refractivity contribution in [2.75, 3.05) is 6.54 Å². The van der Waals surface area contributed by atoms with Crippen LogP contribution in [0, 0.1) is 31.1 Å². The van der Waals surface area contributed by atoms with Crippen LogP contribution in [-0.2, 0) is 14.4 Å². The van der Waals surface area contributed by atoms with Gasteiger partial charge in [0.1, 0.15) is 17.8 Å². The van der Waals surface area contributed by atoms with Gasteiger partial charge in [0.25, 0.3) is 0 Å². The average molecular weight is 389 g/mol. The van der Waals surface area contributed by atoms with Crippen LogP contribution in [0.3, 0.4) is 0 Å². The molecule has 3 rings (SSSR count). The first-order valence-corrected chi connectivity index (χ1v) is 9.66.